The maximum atomic E-state index is 13.5. The molecular weight excluding hydrogens is 295 g/mol. The largest absolute Gasteiger partial charge is 0.495 e. The molecule has 0 aliphatic heterocycles. The molecule has 0 aliphatic rings. The smallest absolute Gasteiger partial charge is 0.264 e. The lowest BCUT2D eigenvalue weighted by Crippen LogP contribution is -2.20. The van der Waals surface area contributed by atoms with Crippen LogP contribution in [-0.2, 0) is 0 Å². The van der Waals surface area contributed by atoms with E-state index in [0.717, 1.165) is 5.56 Å². The molecule has 0 spiro atoms. The van der Waals surface area contributed by atoms with Crippen molar-refractivity contribution in [2.75, 3.05) is 7.11 Å². The molecule has 0 amide bonds. The molecule has 5 heteroatoms. The Labute approximate surface area is 133 Å². The predicted octanol–water partition coefficient (Wildman–Crippen LogP) is 3.66. The summed E-state index contributed by atoms with van der Waals surface area (Å²) in [5.41, 5.74) is 1.62. The fourth-order valence-corrected chi connectivity index (χ4v) is 2.65. The molecule has 0 fully saturated rings. The van der Waals surface area contributed by atoms with Crippen molar-refractivity contribution >= 4 is 10.9 Å². The van der Waals surface area contributed by atoms with Gasteiger partial charge >= 0.3 is 0 Å². The molecule has 3 rings (SSSR count). The Morgan fingerprint density at radius 3 is 2.61 bits per heavy atom. The van der Waals surface area contributed by atoms with Crippen molar-refractivity contribution in [3.63, 3.8) is 0 Å². The van der Waals surface area contributed by atoms with Crippen molar-refractivity contribution < 1.29 is 9.13 Å². The van der Waals surface area contributed by atoms with Gasteiger partial charge in [0.2, 0.25) is 5.95 Å². The van der Waals surface area contributed by atoms with Gasteiger partial charge in [0.05, 0.1) is 23.7 Å². The van der Waals surface area contributed by atoms with Crippen molar-refractivity contribution in [1.82, 2.24) is 9.55 Å². The van der Waals surface area contributed by atoms with Gasteiger partial charge in [-0.1, -0.05) is 26.0 Å². The normalized spacial score (nSPS) is 11.2. The van der Waals surface area contributed by atoms with Crippen LogP contribution in [0.5, 0.6) is 5.75 Å². The first-order valence-corrected chi connectivity index (χ1v) is 7.38. The summed E-state index contributed by atoms with van der Waals surface area (Å²) in [6, 6.07) is 9.98. The van der Waals surface area contributed by atoms with Gasteiger partial charge in [0.15, 0.2) is 0 Å². The number of hydrogen-bond acceptors (Lipinski definition) is 3. The third-order valence-electron chi connectivity index (χ3n) is 3.82. The average molecular weight is 312 g/mol. The van der Waals surface area contributed by atoms with E-state index in [0.29, 0.717) is 22.3 Å². The molecule has 0 atom stereocenters. The summed E-state index contributed by atoms with van der Waals surface area (Å²) in [5, 5.41) is 0.392. The number of hydrogen-bond donors (Lipinski definition) is 0. The first-order valence-electron chi connectivity index (χ1n) is 7.38. The fourth-order valence-electron chi connectivity index (χ4n) is 2.65. The number of pyridine rings is 2. The highest BCUT2D eigenvalue weighted by Crippen LogP contribution is 2.26. The summed E-state index contributed by atoms with van der Waals surface area (Å²) < 4.78 is 20.4. The summed E-state index contributed by atoms with van der Waals surface area (Å²) >= 11 is 0. The maximum absolute atomic E-state index is 13.5. The number of para-hydroxylation sites is 2. The van der Waals surface area contributed by atoms with Crippen LogP contribution in [0.4, 0.5) is 4.39 Å². The lowest BCUT2D eigenvalue weighted by molar-refractivity contribution is 0.412. The monoisotopic (exact) mass is 312 g/mol. The molecule has 23 heavy (non-hydrogen) atoms. The van der Waals surface area contributed by atoms with Gasteiger partial charge in [-0.25, -0.2) is 4.98 Å². The Balaban J connectivity index is 2.41. The molecular formula is C18H17FN2O2. The molecule has 0 radical (unpaired) electrons. The maximum Gasteiger partial charge on any atom is 0.264 e. The van der Waals surface area contributed by atoms with Crippen LogP contribution in [0.3, 0.4) is 0 Å². The molecule has 3 aromatic rings. The number of rotatable bonds is 3. The molecule has 4 nitrogen and oxygen atoms in total. The van der Waals surface area contributed by atoms with E-state index in [2.05, 4.69) is 4.98 Å². The molecule has 0 aliphatic carbocycles. The van der Waals surface area contributed by atoms with Crippen molar-refractivity contribution in [2.45, 2.75) is 19.8 Å². The van der Waals surface area contributed by atoms with Crippen LogP contribution in [0.25, 0.3) is 16.6 Å². The summed E-state index contributed by atoms with van der Waals surface area (Å²) in [4.78, 5) is 16.8. The SMILES string of the molecule is COc1ccccc1-n1cc(C(C)C)c2nc(F)ccc2c1=O. The van der Waals surface area contributed by atoms with Crippen molar-refractivity contribution in [3.8, 4) is 11.4 Å². The molecule has 0 saturated heterocycles. The zero-order valence-corrected chi connectivity index (χ0v) is 13.2. The van der Waals surface area contributed by atoms with E-state index < -0.39 is 5.95 Å². The Bertz CT molecular complexity index is 932. The van der Waals surface area contributed by atoms with Crippen LogP contribution in [0, 0.1) is 5.95 Å². The number of aromatic nitrogens is 2. The quantitative estimate of drug-likeness (QED) is 0.693. The second-order valence-corrected chi connectivity index (χ2v) is 5.62. The van der Waals surface area contributed by atoms with Crippen LogP contribution in [0.1, 0.15) is 25.3 Å². The Morgan fingerprint density at radius 2 is 1.91 bits per heavy atom. The highest BCUT2D eigenvalue weighted by molar-refractivity contribution is 5.81. The number of methoxy groups -OCH3 is 1. The molecule has 2 heterocycles. The van der Waals surface area contributed by atoms with Crippen LogP contribution in [-0.4, -0.2) is 16.7 Å². The Hall–Kier alpha value is -2.69. The van der Waals surface area contributed by atoms with Gasteiger partial charge in [0.1, 0.15) is 5.75 Å². The number of fused-ring (bicyclic) bond motifs is 1. The van der Waals surface area contributed by atoms with E-state index >= 15 is 0 Å². The third-order valence-corrected chi connectivity index (χ3v) is 3.82. The molecule has 0 bridgehead atoms. The Morgan fingerprint density at radius 1 is 1.17 bits per heavy atom. The van der Waals surface area contributed by atoms with Crippen LogP contribution >= 0.6 is 0 Å². The number of ether oxygens (including phenoxy) is 1. The van der Waals surface area contributed by atoms with Crippen LogP contribution in [0.15, 0.2) is 47.4 Å². The lowest BCUT2D eigenvalue weighted by Gasteiger charge is -2.16. The van der Waals surface area contributed by atoms with Crippen molar-refractivity contribution in [2.24, 2.45) is 0 Å². The minimum Gasteiger partial charge on any atom is -0.495 e. The van der Waals surface area contributed by atoms with Crippen LogP contribution in [0.2, 0.25) is 0 Å². The standard InChI is InChI=1S/C18H17FN2O2/c1-11(2)13-10-21(14-6-4-5-7-15(14)23-3)18(22)12-8-9-16(19)20-17(12)13/h4-11H,1-3H3. The number of halogens is 1. The van der Waals surface area contributed by atoms with E-state index in [4.69, 9.17) is 4.74 Å². The van der Waals surface area contributed by atoms with E-state index in [9.17, 15) is 9.18 Å². The minimum atomic E-state index is -0.589. The minimum absolute atomic E-state index is 0.0911. The van der Waals surface area contributed by atoms with Gasteiger partial charge in [-0.3, -0.25) is 9.36 Å². The lowest BCUT2D eigenvalue weighted by atomic mass is 10.0. The highest BCUT2D eigenvalue weighted by Gasteiger charge is 2.16. The first-order chi connectivity index (χ1) is 11.0. The molecule has 118 valence electrons. The molecule has 1 aromatic carbocycles. The zero-order chi connectivity index (χ0) is 16.6. The second kappa shape index (κ2) is 5.83. The number of nitrogens with zero attached hydrogens (tertiary/aromatic N) is 2. The van der Waals surface area contributed by atoms with Gasteiger partial charge in [-0.05, 0) is 35.7 Å². The van der Waals surface area contributed by atoms with E-state index in [-0.39, 0.29) is 11.5 Å². The summed E-state index contributed by atoms with van der Waals surface area (Å²) in [6.07, 6.45) is 1.72. The summed E-state index contributed by atoms with van der Waals surface area (Å²) in [6.45, 7) is 3.97. The van der Waals surface area contributed by atoms with E-state index in [1.807, 2.05) is 32.0 Å². The van der Waals surface area contributed by atoms with Gasteiger partial charge in [-0.2, -0.15) is 4.39 Å². The van der Waals surface area contributed by atoms with Gasteiger partial charge in [0, 0.05) is 6.20 Å². The van der Waals surface area contributed by atoms with E-state index in [1.54, 1.807) is 19.4 Å². The highest BCUT2D eigenvalue weighted by atomic mass is 19.1. The number of benzene rings is 1. The molecule has 0 unspecified atom stereocenters. The van der Waals surface area contributed by atoms with E-state index in [1.165, 1.54) is 16.7 Å². The van der Waals surface area contributed by atoms with Gasteiger partial charge in [0.25, 0.3) is 5.56 Å². The Kier molecular flexibility index (Phi) is 3.86. The summed E-state index contributed by atoms with van der Waals surface area (Å²) in [7, 11) is 1.56. The van der Waals surface area contributed by atoms with Crippen molar-refractivity contribution in [3.05, 3.63) is 64.5 Å². The van der Waals surface area contributed by atoms with Crippen molar-refractivity contribution in [1.29, 1.82) is 0 Å². The van der Waals surface area contributed by atoms with Gasteiger partial charge < -0.3 is 4.74 Å². The topological polar surface area (TPSA) is 44.1 Å². The average Bonchev–Trinajstić information content (AvgIpc) is 2.54. The fraction of sp³-hybridized carbons (Fsp3) is 0.222. The second-order valence-electron chi connectivity index (χ2n) is 5.62. The molecule has 0 N–H and O–H groups in total. The third kappa shape index (κ3) is 2.59. The zero-order valence-electron chi connectivity index (χ0n) is 13.2. The van der Waals surface area contributed by atoms with Gasteiger partial charge in [-0.15, -0.1) is 0 Å². The predicted molar refractivity (Wildman–Crippen MR) is 87.9 cm³/mol. The summed E-state index contributed by atoms with van der Waals surface area (Å²) in [5.74, 6) is 0.0981. The first kappa shape index (κ1) is 15.2. The van der Waals surface area contributed by atoms with Crippen LogP contribution < -0.4 is 10.3 Å². The molecule has 0 saturated carbocycles. The molecule has 2 aromatic heterocycles.